The number of carbonyl (C=O) groups is 4. The number of non-ortho nitro benzene ring substituents is 1. The second-order valence-electron chi connectivity index (χ2n) is 9.66. The van der Waals surface area contributed by atoms with Crippen molar-refractivity contribution >= 4 is 40.9 Å². The monoisotopic (exact) mass is 567 g/mol. The number of cyclic esters (lactones) is 4. The highest BCUT2D eigenvalue weighted by Gasteiger charge is 2.34. The molecule has 3 aromatic carbocycles. The summed E-state index contributed by atoms with van der Waals surface area (Å²) in [5.41, 5.74) is 4.58. The van der Waals surface area contributed by atoms with Gasteiger partial charge in [-0.3, -0.25) is 19.7 Å². The van der Waals surface area contributed by atoms with Crippen LogP contribution in [0.25, 0.3) is 33.9 Å². The number of nitro benzene ring substituents is 1. The van der Waals surface area contributed by atoms with Gasteiger partial charge in [-0.25, -0.2) is 14.6 Å². The SMILES string of the molecule is O=C1CC(Nc2ccc(-c3nc(-c4ccc([N+](=O)[O-])cc4)[nH]c3-c3ccc(NC4CC(=O)OC4=O)cc3)cc2)C(=O)O1. The molecule has 0 spiro atoms. The van der Waals surface area contributed by atoms with Crippen molar-refractivity contribution in [1.82, 2.24) is 9.97 Å². The van der Waals surface area contributed by atoms with E-state index in [2.05, 4.69) is 25.1 Å². The van der Waals surface area contributed by atoms with Gasteiger partial charge in [0.15, 0.2) is 0 Å². The Morgan fingerprint density at radius 1 is 0.714 bits per heavy atom. The van der Waals surface area contributed by atoms with Crippen LogP contribution in [0.15, 0.2) is 72.8 Å². The molecule has 42 heavy (non-hydrogen) atoms. The van der Waals surface area contributed by atoms with Gasteiger partial charge >= 0.3 is 23.9 Å². The first-order valence-corrected chi connectivity index (χ1v) is 12.8. The lowest BCUT2D eigenvalue weighted by Gasteiger charge is -2.11. The van der Waals surface area contributed by atoms with E-state index in [-0.39, 0.29) is 18.5 Å². The average molecular weight is 568 g/mol. The molecule has 2 unspecified atom stereocenters. The molecule has 1 aromatic heterocycles. The van der Waals surface area contributed by atoms with Crippen LogP contribution in [0.3, 0.4) is 0 Å². The maximum absolute atomic E-state index is 11.8. The Morgan fingerprint density at radius 2 is 1.19 bits per heavy atom. The number of benzene rings is 3. The predicted molar refractivity (Wildman–Crippen MR) is 148 cm³/mol. The number of nitrogens with one attached hydrogen (secondary N) is 3. The third kappa shape index (κ3) is 5.30. The van der Waals surface area contributed by atoms with Crippen molar-refractivity contribution in [1.29, 1.82) is 0 Å². The molecular weight excluding hydrogens is 546 g/mol. The second-order valence-corrected chi connectivity index (χ2v) is 9.66. The molecule has 6 rings (SSSR count). The van der Waals surface area contributed by atoms with Crippen molar-refractivity contribution in [3.8, 4) is 33.9 Å². The summed E-state index contributed by atoms with van der Waals surface area (Å²) in [5.74, 6) is -1.92. The molecule has 0 saturated carbocycles. The number of esters is 4. The van der Waals surface area contributed by atoms with Crippen LogP contribution in [0.1, 0.15) is 12.8 Å². The molecule has 13 heteroatoms. The highest BCUT2D eigenvalue weighted by molar-refractivity contribution is 5.99. The maximum atomic E-state index is 11.8. The van der Waals surface area contributed by atoms with Crippen LogP contribution in [0, 0.1) is 10.1 Å². The summed E-state index contributed by atoms with van der Waals surface area (Å²) < 4.78 is 9.18. The molecule has 2 atom stereocenters. The van der Waals surface area contributed by atoms with Crippen LogP contribution < -0.4 is 10.6 Å². The minimum atomic E-state index is -0.755. The van der Waals surface area contributed by atoms with Crippen molar-refractivity contribution in [2.24, 2.45) is 0 Å². The fourth-order valence-corrected chi connectivity index (χ4v) is 4.70. The Labute approximate surface area is 237 Å². The van der Waals surface area contributed by atoms with Crippen molar-refractivity contribution < 1.29 is 33.6 Å². The third-order valence-corrected chi connectivity index (χ3v) is 6.81. The predicted octanol–water partition coefficient (Wildman–Crippen LogP) is 3.83. The smallest absolute Gasteiger partial charge is 0.336 e. The molecule has 210 valence electrons. The standard InChI is InChI=1S/C29H21N5O8/c35-23-13-21(28(37)41-23)30-18-7-1-15(2-8-18)25-26(33-27(32-25)17-5-11-20(12-6-17)34(39)40)16-3-9-19(10-4-16)31-22-14-24(36)42-29(22)38/h1-12,21-22,30-31H,13-14H2,(H,32,33). The fraction of sp³-hybridized carbons (Fsp3) is 0.138. The number of imidazole rings is 1. The van der Waals surface area contributed by atoms with E-state index >= 15 is 0 Å². The summed E-state index contributed by atoms with van der Waals surface area (Å²) >= 11 is 0. The van der Waals surface area contributed by atoms with Crippen molar-refractivity contribution in [2.75, 3.05) is 10.6 Å². The Balaban J connectivity index is 1.31. The van der Waals surface area contributed by atoms with Gasteiger partial charge in [0.25, 0.3) is 5.69 Å². The number of hydrogen-bond donors (Lipinski definition) is 3. The van der Waals surface area contributed by atoms with Crippen LogP contribution in [-0.2, 0) is 28.7 Å². The topological polar surface area (TPSA) is 183 Å². The number of hydrogen-bond acceptors (Lipinski definition) is 11. The molecule has 2 fully saturated rings. The zero-order chi connectivity index (χ0) is 29.4. The number of aromatic amines is 1. The largest absolute Gasteiger partial charge is 0.392 e. The van der Waals surface area contributed by atoms with E-state index in [1.54, 1.807) is 36.4 Å². The molecule has 2 saturated heterocycles. The summed E-state index contributed by atoms with van der Waals surface area (Å²) in [5, 5.41) is 17.1. The summed E-state index contributed by atoms with van der Waals surface area (Å²) in [4.78, 5) is 65.2. The summed E-state index contributed by atoms with van der Waals surface area (Å²) in [6.45, 7) is 0. The first kappa shape index (κ1) is 26.4. The van der Waals surface area contributed by atoms with Crippen LogP contribution in [0.2, 0.25) is 0 Å². The van der Waals surface area contributed by atoms with E-state index in [0.717, 1.165) is 11.1 Å². The summed E-state index contributed by atoms with van der Waals surface area (Å²) in [6, 6.07) is 18.8. The zero-order valence-electron chi connectivity index (χ0n) is 21.7. The van der Waals surface area contributed by atoms with Crippen LogP contribution in [0.5, 0.6) is 0 Å². The van der Waals surface area contributed by atoms with Crippen LogP contribution in [0.4, 0.5) is 17.1 Å². The average Bonchev–Trinajstić information content (AvgIpc) is 3.65. The Bertz CT molecular complexity index is 1630. The van der Waals surface area contributed by atoms with Gasteiger partial charge < -0.3 is 25.1 Å². The first-order chi connectivity index (χ1) is 20.2. The Hall–Kier alpha value is -5.85. The van der Waals surface area contributed by atoms with Gasteiger partial charge in [-0.15, -0.1) is 0 Å². The molecule has 2 aliphatic heterocycles. The van der Waals surface area contributed by atoms with Gasteiger partial charge in [0.1, 0.15) is 17.9 Å². The molecular formula is C29H21N5O8. The number of nitrogens with zero attached hydrogens (tertiary/aromatic N) is 2. The lowest BCUT2D eigenvalue weighted by molar-refractivity contribution is -0.384. The van der Waals surface area contributed by atoms with Crippen LogP contribution >= 0.6 is 0 Å². The summed E-state index contributed by atoms with van der Waals surface area (Å²) in [6.07, 6.45) is -0.0985. The quantitative estimate of drug-likeness (QED) is 0.122. The Morgan fingerprint density at radius 3 is 1.64 bits per heavy atom. The first-order valence-electron chi connectivity index (χ1n) is 12.8. The van der Waals surface area contributed by atoms with Gasteiger partial charge in [0.05, 0.1) is 29.2 Å². The van der Waals surface area contributed by atoms with Crippen molar-refractivity contribution in [2.45, 2.75) is 24.9 Å². The van der Waals surface area contributed by atoms with Gasteiger partial charge in [-0.2, -0.15) is 0 Å². The third-order valence-electron chi connectivity index (χ3n) is 6.81. The minimum absolute atomic E-state index is 0.0439. The van der Waals surface area contributed by atoms with Gasteiger partial charge in [-0.05, 0) is 36.4 Å². The van der Waals surface area contributed by atoms with E-state index < -0.39 is 40.9 Å². The second kappa shape index (κ2) is 10.6. The molecule has 3 N–H and O–H groups in total. The lowest BCUT2D eigenvalue weighted by atomic mass is 10.0. The van der Waals surface area contributed by atoms with E-state index in [4.69, 9.17) is 4.98 Å². The molecule has 3 heterocycles. The number of H-pyrrole nitrogens is 1. The number of aromatic nitrogens is 2. The van der Waals surface area contributed by atoms with Crippen molar-refractivity contribution in [3.05, 3.63) is 82.9 Å². The van der Waals surface area contributed by atoms with Crippen molar-refractivity contribution in [3.63, 3.8) is 0 Å². The summed E-state index contributed by atoms with van der Waals surface area (Å²) in [7, 11) is 0. The molecule has 0 aliphatic carbocycles. The number of carbonyl (C=O) groups excluding carboxylic acids is 4. The highest BCUT2D eigenvalue weighted by atomic mass is 16.6. The number of ether oxygens (including phenoxy) is 2. The molecule has 13 nitrogen and oxygen atoms in total. The highest BCUT2D eigenvalue weighted by Crippen LogP contribution is 2.35. The molecule has 0 amide bonds. The van der Waals surface area contributed by atoms with Gasteiger partial charge in [-0.1, -0.05) is 24.3 Å². The lowest BCUT2D eigenvalue weighted by Crippen LogP contribution is -2.24. The maximum Gasteiger partial charge on any atom is 0.336 e. The molecule has 4 aromatic rings. The van der Waals surface area contributed by atoms with Gasteiger partial charge in [0, 0.05) is 40.2 Å². The van der Waals surface area contributed by atoms with E-state index in [1.165, 1.54) is 12.1 Å². The van der Waals surface area contributed by atoms with E-state index in [0.29, 0.717) is 34.2 Å². The van der Waals surface area contributed by atoms with Crippen LogP contribution in [-0.4, -0.2) is 50.9 Å². The fourth-order valence-electron chi connectivity index (χ4n) is 4.70. The number of rotatable bonds is 8. The number of nitro groups is 1. The molecule has 0 bridgehead atoms. The minimum Gasteiger partial charge on any atom is -0.392 e. The molecule has 0 radical (unpaired) electrons. The van der Waals surface area contributed by atoms with Gasteiger partial charge in [0.2, 0.25) is 0 Å². The Kier molecular flexibility index (Phi) is 6.66. The zero-order valence-corrected chi connectivity index (χ0v) is 21.7. The molecule has 2 aliphatic rings. The van der Waals surface area contributed by atoms with E-state index in [1.807, 2.05) is 24.3 Å². The normalized spacial score (nSPS) is 18.1. The number of anilines is 2. The van der Waals surface area contributed by atoms with E-state index in [9.17, 15) is 29.3 Å².